The number of anilines is 1. The topological polar surface area (TPSA) is 28.2 Å². The number of nitrogens with one attached hydrogen (secondary N) is 1. The van der Waals surface area contributed by atoms with Gasteiger partial charge in [-0.15, -0.1) is 11.3 Å². The number of thiazole rings is 1. The van der Waals surface area contributed by atoms with Crippen molar-refractivity contribution in [3.63, 3.8) is 0 Å². The Morgan fingerprint density at radius 3 is 2.58 bits per heavy atom. The highest BCUT2D eigenvalue weighted by molar-refractivity contribution is 7.15. The van der Waals surface area contributed by atoms with Gasteiger partial charge in [0.05, 0.1) is 0 Å². The Balaban J connectivity index is 2.58. The van der Waals surface area contributed by atoms with Crippen LogP contribution in [-0.2, 0) is 6.54 Å². The largest absolute Gasteiger partial charge is 0.346 e. The lowest BCUT2D eigenvalue weighted by Crippen LogP contribution is -2.31. The standard InChI is InChI=1S/C15H29N3S/c1-6-7-8-9-18(13(4)5)15-17-11-14(19-15)10-16-12(2)3/h11-13,16H,6-10H2,1-5H3. The number of rotatable bonds is 9. The van der Waals surface area contributed by atoms with E-state index in [2.05, 4.69) is 49.8 Å². The van der Waals surface area contributed by atoms with Crippen molar-refractivity contribution in [1.29, 1.82) is 0 Å². The highest BCUT2D eigenvalue weighted by atomic mass is 32.1. The van der Waals surface area contributed by atoms with E-state index in [1.807, 2.05) is 17.5 Å². The van der Waals surface area contributed by atoms with Crippen molar-refractivity contribution in [3.8, 4) is 0 Å². The van der Waals surface area contributed by atoms with Gasteiger partial charge in [-0.25, -0.2) is 4.98 Å². The summed E-state index contributed by atoms with van der Waals surface area (Å²) >= 11 is 1.82. The van der Waals surface area contributed by atoms with Crippen LogP contribution in [0.5, 0.6) is 0 Å². The van der Waals surface area contributed by atoms with E-state index in [1.165, 1.54) is 29.3 Å². The Morgan fingerprint density at radius 1 is 1.26 bits per heavy atom. The fourth-order valence-electron chi connectivity index (χ4n) is 1.92. The summed E-state index contributed by atoms with van der Waals surface area (Å²) in [7, 11) is 0. The molecule has 0 aliphatic rings. The first-order chi connectivity index (χ1) is 9.04. The van der Waals surface area contributed by atoms with Gasteiger partial charge in [0.2, 0.25) is 0 Å². The molecule has 0 radical (unpaired) electrons. The van der Waals surface area contributed by atoms with E-state index < -0.39 is 0 Å². The Labute approximate surface area is 122 Å². The van der Waals surface area contributed by atoms with Gasteiger partial charge in [0.1, 0.15) is 0 Å². The fourth-order valence-corrected chi connectivity index (χ4v) is 2.94. The average molecular weight is 283 g/mol. The van der Waals surface area contributed by atoms with Crippen molar-refractivity contribution >= 4 is 16.5 Å². The lowest BCUT2D eigenvalue weighted by Gasteiger charge is -2.26. The maximum absolute atomic E-state index is 4.60. The third-order valence-electron chi connectivity index (χ3n) is 3.10. The summed E-state index contributed by atoms with van der Waals surface area (Å²) < 4.78 is 0. The molecule has 0 aromatic carbocycles. The Kier molecular flexibility index (Phi) is 7.39. The van der Waals surface area contributed by atoms with Gasteiger partial charge in [-0.2, -0.15) is 0 Å². The van der Waals surface area contributed by atoms with Crippen LogP contribution in [0.4, 0.5) is 5.13 Å². The lowest BCUT2D eigenvalue weighted by molar-refractivity contribution is 0.593. The van der Waals surface area contributed by atoms with Crippen LogP contribution in [0, 0.1) is 0 Å². The minimum absolute atomic E-state index is 0.522. The van der Waals surface area contributed by atoms with E-state index in [4.69, 9.17) is 0 Å². The number of nitrogens with zero attached hydrogens (tertiary/aromatic N) is 2. The molecule has 110 valence electrons. The number of aromatic nitrogens is 1. The number of hydrogen-bond donors (Lipinski definition) is 1. The molecule has 1 rings (SSSR count). The Morgan fingerprint density at radius 2 is 2.00 bits per heavy atom. The van der Waals surface area contributed by atoms with Crippen molar-refractivity contribution < 1.29 is 0 Å². The molecule has 1 heterocycles. The molecule has 0 fully saturated rings. The maximum atomic E-state index is 4.60. The van der Waals surface area contributed by atoms with Gasteiger partial charge in [0.15, 0.2) is 5.13 Å². The maximum Gasteiger partial charge on any atom is 0.185 e. The first-order valence-corrected chi connectivity index (χ1v) is 8.31. The van der Waals surface area contributed by atoms with Gasteiger partial charge >= 0.3 is 0 Å². The summed E-state index contributed by atoms with van der Waals surface area (Å²) in [6.45, 7) is 13.1. The van der Waals surface area contributed by atoms with Crippen LogP contribution < -0.4 is 10.2 Å². The molecular weight excluding hydrogens is 254 g/mol. The highest BCUT2D eigenvalue weighted by Crippen LogP contribution is 2.24. The summed E-state index contributed by atoms with van der Waals surface area (Å²) in [5, 5.41) is 4.62. The van der Waals surface area contributed by atoms with E-state index in [-0.39, 0.29) is 0 Å². The zero-order valence-electron chi connectivity index (χ0n) is 13.1. The van der Waals surface area contributed by atoms with E-state index in [0.29, 0.717) is 12.1 Å². The Bertz CT molecular complexity index is 347. The molecule has 0 saturated heterocycles. The van der Waals surface area contributed by atoms with Crippen LogP contribution >= 0.6 is 11.3 Å². The minimum atomic E-state index is 0.522. The van der Waals surface area contributed by atoms with Crippen molar-refractivity contribution in [2.24, 2.45) is 0 Å². The van der Waals surface area contributed by atoms with Crippen molar-refractivity contribution in [2.45, 2.75) is 72.5 Å². The predicted octanol–water partition coefficient (Wildman–Crippen LogP) is 4.05. The molecule has 0 aliphatic carbocycles. The zero-order valence-corrected chi connectivity index (χ0v) is 13.9. The molecular formula is C15H29N3S. The average Bonchev–Trinajstić information content (AvgIpc) is 2.80. The van der Waals surface area contributed by atoms with Crippen LogP contribution in [-0.4, -0.2) is 23.6 Å². The number of hydrogen-bond acceptors (Lipinski definition) is 4. The summed E-state index contributed by atoms with van der Waals surface area (Å²) in [6.07, 6.45) is 5.85. The molecule has 3 nitrogen and oxygen atoms in total. The van der Waals surface area contributed by atoms with Crippen LogP contribution in [0.2, 0.25) is 0 Å². The summed E-state index contributed by atoms with van der Waals surface area (Å²) in [5.41, 5.74) is 0. The van der Waals surface area contributed by atoms with Crippen LogP contribution in [0.25, 0.3) is 0 Å². The first-order valence-electron chi connectivity index (χ1n) is 7.49. The molecule has 1 aromatic rings. The lowest BCUT2D eigenvalue weighted by atomic mass is 10.2. The van der Waals surface area contributed by atoms with Gasteiger partial charge in [0.25, 0.3) is 0 Å². The second-order valence-electron chi connectivity index (χ2n) is 5.64. The van der Waals surface area contributed by atoms with E-state index in [9.17, 15) is 0 Å². The van der Waals surface area contributed by atoms with Crippen LogP contribution in [0.15, 0.2) is 6.20 Å². The van der Waals surface area contributed by atoms with Gasteiger partial charge in [0, 0.05) is 36.2 Å². The van der Waals surface area contributed by atoms with E-state index in [0.717, 1.165) is 13.1 Å². The molecule has 19 heavy (non-hydrogen) atoms. The molecule has 1 aromatic heterocycles. The predicted molar refractivity (Wildman–Crippen MR) is 86.1 cm³/mol. The van der Waals surface area contributed by atoms with Crippen molar-refractivity contribution in [1.82, 2.24) is 10.3 Å². The molecule has 0 amide bonds. The third kappa shape index (κ3) is 5.91. The van der Waals surface area contributed by atoms with E-state index in [1.54, 1.807) is 0 Å². The molecule has 0 aliphatic heterocycles. The van der Waals surface area contributed by atoms with Gasteiger partial charge in [-0.1, -0.05) is 33.6 Å². The molecule has 0 saturated carbocycles. The second kappa shape index (κ2) is 8.54. The van der Waals surface area contributed by atoms with Gasteiger partial charge < -0.3 is 10.2 Å². The number of unbranched alkanes of at least 4 members (excludes halogenated alkanes) is 2. The molecule has 1 N–H and O–H groups in total. The quantitative estimate of drug-likeness (QED) is 0.693. The monoisotopic (exact) mass is 283 g/mol. The van der Waals surface area contributed by atoms with Crippen LogP contribution in [0.3, 0.4) is 0 Å². The molecule has 0 bridgehead atoms. The smallest absolute Gasteiger partial charge is 0.185 e. The molecule has 0 spiro atoms. The molecule has 0 unspecified atom stereocenters. The first kappa shape index (κ1) is 16.4. The molecule has 4 heteroatoms. The fraction of sp³-hybridized carbons (Fsp3) is 0.800. The van der Waals surface area contributed by atoms with Gasteiger partial charge in [-0.05, 0) is 20.3 Å². The van der Waals surface area contributed by atoms with Crippen molar-refractivity contribution in [3.05, 3.63) is 11.1 Å². The second-order valence-corrected chi connectivity index (χ2v) is 6.73. The van der Waals surface area contributed by atoms with E-state index >= 15 is 0 Å². The normalized spacial score (nSPS) is 11.5. The SMILES string of the molecule is CCCCCN(c1ncc(CNC(C)C)s1)C(C)C. The van der Waals surface area contributed by atoms with Crippen LogP contribution in [0.1, 0.15) is 58.8 Å². The summed E-state index contributed by atoms with van der Waals surface area (Å²) in [6, 6.07) is 1.05. The molecule has 0 atom stereocenters. The zero-order chi connectivity index (χ0) is 14.3. The van der Waals surface area contributed by atoms with Crippen molar-refractivity contribution in [2.75, 3.05) is 11.4 Å². The van der Waals surface area contributed by atoms with Gasteiger partial charge in [-0.3, -0.25) is 0 Å². The summed E-state index contributed by atoms with van der Waals surface area (Å²) in [5.74, 6) is 0. The highest BCUT2D eigenvalue weighted by Gasteiger charge is 2.14. The minimum Gasteiger partial charge on any atom is -0.346 e. The Hall–Kier alpha value is -0.610. The summed E-state index contributed by atoms with van der Waals surface area (Å²) in [4.78, 5) is 8.35. The third-order valence-corrected chi connectivity index (χ3v) is 4.13.